The van der Waals surface area contributed by atoms with Crippen LogP contribution in [-0.2, 0) is 10.8 Å². The molecule has 0 amide bonds. The van der Waals surface area contributed by atoms with Gasteiger partial charge in [-0.1, -0.05) is 96.1 Å². The van der Waals surface area contributed by atoms with Crippen molar-refractivity contribution in [3.8, 4) is 11.4 Å². The van der Waals surface area contributed by atoms with Crippen LogP contribution < -0.4 is 0 Å². The van der Waals surface area contributed by atoms with Gasteiger partial charge in [0.1, 0.15) is 0 Å². The third-order valence-electron chi connectivity index (χ3n) is 8.44. The summed E-state index contributed by atoms with van der Waals surface area (Å²) in [5.41, 5.74) is 10.2. The first-order valence-electron chi connectivity index (χ1n) is 15.3. The lowest BCUT2D eigenvalue weighted by atomic mass is 9.85. The molecule has 0 aliphatic heterocycles. The van der Waals surface area contributed by atoms with Crippen molar-refractivity contribution in [3.63, 3.8) is 0 Å². The van der Waals surface area contributed by atoms with E-state index in [-0.39, 0.29) is 24.3 Å². The van der Waals surface area contributed by atoms with Gasteiger partial charge in [-0.25, -0.2) is 0 Å². The van der Waals surface area contributed by atoms with Crippen LogP contribution in [0.1, 0.15) is 59.6 Å². The third-order valence-corrected chi connectivity index (χ3v) is 8.44. The minimum atomic E-state index is 0. The molecule has 0 N–H and O–H groups in total. The predicted octanol–water partition coefficient (Wildman–Crippen LogP) is 11.8. The summed E-state index contributed by atoms with van der Waals surface area (Å²) in [6.45, 7) is 19.0. The second-order valence-corrected chi connectivity index (χ2v) is 13.6. The number of allylic oxidation sites excluding steroid dienone is 1. The maximum atomic E-state index is 3.36. The highest BCUT2D eigenvalue weighted by molar-refractivity contribution is 7.59. The molecule has 7 aromatic rings. The van der Waals surface area contributed by atoms with Crippen LogP contribution in [0.15, 0.2) is 122 Å². The molecule has 0 bridgehead atoms. The summed E-state index contributed by atoms with van der Waals surface area (Å²) >= 11 is 0. The molecule has 2 aromatic heterocycles. The molecule has 0 saturated carbocycles. The fourth-order valence-corrected chi connectivity index (χ4v) is 6.19. The smallest absolute Gasteiger partial charge is 0.0541 e. The van der Waals surface area contributed by atoms with Crippen molar-refractivity contribution in [1.82, 2.24) is 9.13 Å². The zero-order valence-corrected chi connectivity index (χ0v) is 28.1. The van der Waals surface area contributed by atoms with Gasteiger partial charge >= 0.3 is 0 Å². The lowest BCUT2D eigenvalue weighted by Crippen LogP contribution is -2.10. The average molecular weight is 597 g/mol. The highest BCUT2D eigenvalue weighted by atomic mass is 32.1. The molecule has 0 aliphatic rings. The quantitative estimate of drug-likeness (QED) is 0.176. The van der Waals surface area contributed by atoms with Gasteiger partial charge < -0.3 is 9.13 Å². The van der Waals surface area contributed by atoms with Crippen LogP contribution in [0.2, 0.25) is 0 Å². The van der Waals surface area contributed by atoms with Crippen molar-refractivity contribution in [2.45, 2.75) is 59.3 Å². The van der Waals surface area contributed by atoms with E-state index < -0.39 is 0 Å². The average Bonchev–Trinajstić information content (AvgIpc) is 3.49. The number of hydrogen-bond donors (Lipinski definition) is 0. The van der Waals surface area contributed by atoms with Gasteiger partial charge in [-0.15, -0.1) is 6.58 Å². The first-order chi connectivity index (χ1) is 20.5. The first kappa shape index (κ1) is 31.2. The Morgan fingerprint density at radius 2 is 0.795 bits per heavy atom. The molecule has 2 heterocycles. The Balaban J connectivity index is 0.000000924. The van der Waals surface area contributed by atoms with E-state index in [9.17, 15) is 0 Å². The van der Waals surface area contributed by atoms with Crippen LogP contribution >= 0.6 is 13.5 Å². The van der Waals surface area contributed by atoms with Gasteiger partial charge in [-0.2, -0.15) is 13.5 Å². The van der Waals surface area contributed by atoms with Gasteiger partial charge in [-0.05, 0) is 89.5 Å². The topological polar surface area (TPSA) is 9.86 Å². The van der Waals surface area contributed by atoms with E-state index >= 15 is 0 Å². The summed E-state index contributed by atoms with van der Waals surface area (Å²) < 4.78 is 4.81. The molecule has 5 aromatic carbocycles. The highest BCUT2D eigenvalue weighted by Crippen LogP contribution is 2.38. The number of benzene rings is 5. The molecule has 44 heavy (non-hydrogen) atoms. The summed E-state index contributed by atoms with van der Waals surface area (Å²) in [4.78, 5) is 0. The van der Waals surface area contributed by atoms with Crippen molar-refractivity contribution >= 4 is 57.1 Å². The molecule has 3 heteroatoms. The molecule has 0 spiro atoms. The Bertz CT molecular complexity index is 1980. The van der Waals surface area contributed by atoms with Crippen molar-refractivity contribution < 1.29 is 0 Å². The summed E-state index contributed by atoms with van der Waals surface area (Å²) in [7, 11) is 0. The molecule has 0 saturated heterocycles. The number of aromatic nitrogens is 2. The Kier molecular flexibility index (Phi) is 8.31. The van der Waals surface area contributed by atoms with E-state index in [1.165, 1.54) is 66.1 Å². The summed E-state index contributed by atoms with van der Waals surface area (Å²) in [5.74, 6) is 0. The van der Waals surface area contributed by atoms with Crippen LogP contribution in [0, 0.1) is 0 Å². The van der Waals surface area contributed by atoms with Crippen LogP contribution in [-0.4, -0.2) is 9.13 Å². The van der Waals surface area contributed by atoms with Gasteiger partial charge in [0.25, 0.3) is 0 Å². The Hall–Kier alpha value is -4.21. The van der Waals surface area contributed by atoms with Gasteiger partial charge in [0, 0.05) is 32.9 Å². The van der Waals surface area contributed by atoms with E-state index in [0.29, 0.717) is 0 Å². The van der Waals surface area contributed by atoms with Gasteiger partial charge in [0.05, 0.1) is 22.1 Å². The SMILES string of the molecule is C=CC.CC(C)(C)c1ccc2c(c1)c1cc(C(C)(C)C)ccc1n2-c1ccc(-n2c3ccccc3c3ccccc32)cc1.S. The molecular formula is C41H44N2S. The molecule has 0 radical (unpaired) electrons. The molecule has 0 aliphatic carbocycles. The molecule has 0 atom stereocenters. The van der Waals surface area contributed by atoms with Crippen molar-refractivity contribution in [2.24, 2.45) is 0 Å². The fourth-order valence-electron chi connectivity index (χ4n) is 6.19. The third kappa shape index (κ3) is 5.35. The van der Waals surface area contributed by atoms with Crippen molar-refractivity contribution in [2.75, 3.05) is 0 Å². The van der Waals surface area contributed by atoms with Crippen LogP contribution in [0.4, 0.5) is 0 Å². The number of para-hydroxylation sites is 2. The van der Waals surface area contributed by atoms with E-state index in [1.54, 1.807) is 6.08 Å². The lowest BCUT2D eigenvalue weighted by Gasteiger charge is -2.19. The minimum absolute atomic E-state index is 0. The second kappa shape index (κ2) is 11.7. The van der Waals surface area contributed by atoms with E-state index in [4.69, 9.17) is 0 Å². The van der Waals surface area contributed by atoms with E-state index in [2.05, 4.69) is 166 Å². The highest BCUT2D eigenvalue weighted by Gasteiger charge is 2.21. The molecule has 2 nitrogen and oxygen atoms in total. The van der Waals surface area contributed by atoms with E-state index in [0.717, 1.165) is 0 Å². The molecule has 0 unspecified atom stereocenters. The Morgan fingerprint density at radius 3 is 1.14 bits per heavy atom. The monoisotopic (exact) mass is 596 g/mol. The van der Waals surface area contributed by atoms with Crippen LogP contribution in [0.5, 0.6) is 0 Å². The maximum Gasteiger partial charge on any atom is 0.0541 e. The Labute approximate surface area is 269 Å². The first-order valence-corrected chi connectivity index (χ1v) is 15.3. The van der Waals surface area contributed by atoms with Gasteiger partial charge in [0.2, 0.25) is 0 Å². The normalized spacial score (nSPS) is 11.9. The Morgan fingerprint density at radius 1 is 0.477 bits per heavy atom. The standard InChI is InChI=1S/C38H36N2.C3H6.H2S/c1-37(2,3)25-15-21-35-31(23-25)32-24-26(38(4,5)6)16-22-36(32)40(35)28-19-17-27(18-20-28)39-33-13-9-7-11-29(33)30-12-8-10-14-34(30)39;1-3-2;/h7-24H,1-6H3;3H,1H2,2H3;1H2. The summed E-state index contributed by atoms with van der Waals surface area (Å²) in [5, 5.41) is 5.21. The number of hydrogen-bond acceptors (Lipinski definition) is 0. The second-order valence-electron chi connectivity index (χ2n) is 13.6. The summed E-state index contributed by atoms with van der Waals surface area (Å²) in [6, 6.07) is 40.5. The lowest BCUT2D eigenvalue weighted by molar-refractivity contribution is 0.590. The molecular weight excluding hydrogens is 553 g/mol. The number of fused-ring (bicyclic) bond motifs is 6. The maximum absolute atomic E-state index is 3.36. The van der Waals surface area contributed by atoms with Crippen LogP contribution in [0.3, 0.4) is 0 Å². The minimum Gasteiger partial charge on any atom is -0.309 e. The summed E-state index contributed by atoms with van der Waals surface area (Å²) in [6.07, 6.45) is 1.75. The van der Waals surface area contributed by atoms with E-state index in [1.807, 2.05) is 6.92 Å². The largest absolute Gasteiger partial charge is 0.309 e. The van der Waals surface area contributed by atoms with Crippen LogP contribution in [0.25, 0.3) is 55.0 Å². The number of rotatable bonds is 2. The van der Waals surface area contributed by atoms with Crippen molar-refractivity contribution in [3.05, 3.63) is 133 Å². The molecule has 224 valence electrons. The molecule has 7 rings (SSSR count). The van der Waals surface area contributed by atoms with Gasteiger partial charge in [0.15, 0.2) is 0 Å². The zero-order chi connectivity index (χ0) is 30.5. The fraction of sp³-hybridized carbons (Fsp3) is 0.220. The van der Waals surface area contributed by atoms with Gasteiger partial charge in [-0.3, -0.25) is 0 Å². The molecule has 0 fully saturated rings. The number of nitrogens with zero attached hydrogens (tertiary/aromatic N) is 2. The predicted molar refractivity (Wildman–Crippen MR) is 199 cm³/mol. The van der Waals surface area contributed by atoms with Crippen molar-refractivity contribution in [1.29, 1.82) is 0 Å². The zero-order valence-electron chi connectivity index (χ0n) is 27.1.